The normalized spacial score (nSPS) is 13.6. The van der Waals surface area contributed by atoms with Gasteiger partial charge < -0.3 is 0 Å². The number of carbonyl (C=O) groups is 1. The maximum Gasteiger partial charge on any atom is 0.398 e. The van der Waals surface area contributed by atoms with E-state index in [0.29, 0.717) is 5.56 Å². The highest BCUT2D eigenvalue weighted by atomic mass is 19.4. The fraction of sp³-hybridized carbons (Fsp3) is 0.417. The van der Waals surface area contributed by atoms with Crippen molar-refractivity contribution in [3.05, 3.63) is 34.9 Å². The summed E-state index contributed by atoms with van der Waals surface area (Å²) in [5.41, 5.74) is 1.66. The van der Waals surface area contributed by atoms with Crippen LogP contribution in [0.2, 0.25) is 0 Å². The van der Waals surface area contributed by atoms with Crippen LogP contribution in [-0.2, 0) is 0 Å². The first-order valence-electron chi connectivity index (χ1n) is 4.91. The molecule has 0 saturated carbocycles. The Morgan fingerprint density at radius 1 is 1.25 bits per heavy atom. The molecule has 0 aliphatic rings. The lowest BCUT2D eigenvalue weighted by atomic mass is 9.94. The van der Waals surface area contributed by atoms with Crippen LogP contribution in [0.1, 0.15) is 28.4 Å². The predicted molar refractivity (Wildman–Crippen MR) is 55.5 cm³/mol. The lowest BCUT2D eigenvalue weighted by Gasteiger charge is -2.15. The summed E-state index contributed by atoms with van der Waals surface area (Å²) in [6, 6.07) is 4.80. The van der Waals surface area contributed by atoms with E-state index in [0.717, 1.165) is 12.5 Å². The van der Waals surface area contributed by atoms with Crippen molar-refractivity contribution in [1.29, 1.82) is 0 Å². The summed E-state index contributed by atoms with van der Waals surface area (Å²) in [7, 11) is 0. The molecule has 0 saturated heterocycles. The van der Waals surface area contributed by atoms with Gasteiger partial charge in [-0.1, -0.05) is 23.8 Å². The molecule has 0 aliphatic heterocycles. The molecule has 0 bridgehead atoms. The molecule has 4 heteroatoms. The summed E-state index contributed by atoms with van der Waals surface area (Å²) in [6.07, 6.45) is -4.48. The van der Waals surface area contributed by atoms with Crippen molar-refractivity contribution in [2.75, 3.05) is 0 Å². The van der Waals surface area contributed by atoms with Gasteiger partial charge in [0.05, 0.1) is 0 Å². The topological polar surface area (TPSA) is 17.1 Å². The lowest BCUT2D eigenvalue weighted by Crippen LogP contribution is -2.28. The van der Waals surface area contributed by atoms with Crippen molar-refractivity contribution in [3.8, 4) is 0 Å². The van der Waals surface area contributed by atoms with Gasteiger partial charge in [-0.3, -0.25) is 4.79 Å². The van der Waals surface area contributed by atoms with Crippen LogP contribution in [0, 0.1) is 19.8 Å². The predicted octanol–water partition coefficient (Wildman–Crippen LogP) is 3.68. The van der Waals surface area contributed by atoms with Crippen LogP contribution in [0.25, 0.3) is 0 Å². The number of carbonyl (C=O) groups excluding carboxylic acids is 1. The summed E-state index contributed by atoms with van der Waals surface area (Å²) in [5.74, 6) is -2.82. The average Bonchev–Trinajstić information content (AvgIpc) is 2.14. The molecule has 1 unspecified atom stereocenters. The second-order valence-electron chi connectivity index (χ2n) is 3.95. The largest absolute Gasteiger partial charge is 0.398 e. The van der Waals surface area contributed by atoms with Gasteiger partial charge in [-0.2, -0.15) is 13.2 Å². The molecular weight excluding hydrogens is 217 g/mol. The summed E-state index contributed by atoms with van der Waals surface area (Å²) >= 11 is 0. The molecule has 0 aliphatic carbocycles. The van der Waals surface area contributed by atoms with Crippen LogP contribution in [0.4, 0.5) is 13.2 Å². The molecule has 1 aromatic carbocycles. The molecule has 1 atom stereocenters. The number of hydrogen-bond donors (Lipinski definition) is 0. The molecule has 16 heavy (non-hydrogen) atoms. The Morgan fingerprint density at radius 2 is 1.81 bits per heavy atom. The summed E-state index contributed by atoms with van der Waals surface area (Å²) in [6.45, 7) is 4.36. The number of aryl methyl sites for hydroxylation is 2. The molecule has 1 aromatic rings. The molecule has 1 nitrogen and oxygen atoms in total. The molecule has 0 aromatic heterocycles. The van der Waals surface area contributed by atoms with Gasteiger partial charge in [0.15, 0.2) is 5.78 Å². The minimum atomic E-state index is -4.48. The Labute approximate surface area is 92.3 Å². The third kappa shape index (κ3) is 2.62. The van der Waals surface area contributed by atoms with E-state index in [1.807, 2.05) is 6.92 Å². The smallest absolute Gasteiger partial charge is 0.294 e. The van der Waals surface area contributed by atoms with Crippen molar-refractivity contribution in [2.45, 2.75) is 26.9 Å². The van der Waals surface area contributed by atoms with Gasteiger partial charge in [0.1, 0.15) is 5.92 Å². The van der Waals surface area contributed by atoms with E-state index in [-0.39, 0.29) is 5.56 Å². The zero-order valence-electron chi connectivity index (χ0n) is 9.35. The highest BCUT2D eigenvalue weighted by Crippen LogP contribution is 2.29. The first-order valence-corrected chi connectivity index (χ1v) is 4.91. The molecule has 88 valence electrons. The second kappa shape index (κ2) is 4.28. The molecule has 0 spiro atoms. The highest BCUT2D eigenvalue weighted by Gasteiger charge is 2.41. The van der Waals surface area contributed by atoms with E-state index < -0.39 is 17.9 Å². The zero-order chi connectivity index (χ0) is 12.5. The molecule has 1 rings (SSSR count). The van der Waals surface area contributed by atoms with E-state index in [4.69, 9.17) is 0 Å². The fourth-order valence-corrected chi connectivity index (χ4v) is 1.47. The minimum Gasteiger partial charge on any atom is -0.294 e. The van der Waals surface area contributed by atoms with Crippen molar-refractivity contribution >= 4 is 5.78 Å². The first-order chi connectivity index (χ1) is 7.23. The Morgan fingerprint density at radius 3 is 2.25 bits per heavy atom. The first kappa shape index (κ1) is 12.7. The third-order valence-corrected chi connectivity index (χ3v) is 2.53. The van der Waals surface area contributed by atoms with Crippen molar-refractivity contribution in [2.24, 2.45) is 5.92 Å². The second-order valence-corrected chi connectivity index (χ2v) is 3.95. The van der Waals surface area contributed by atoms with Crippen LogP contribution in [0.15, 0.2) is 18.2 Å². The summed E-state index contributed by atoms with van der Waals surface area (Å²) < 4.78 is 37.1. The van der Waals surface area contributed by atoms with Gasteiger partial charge in [0.2, 0.25) is 0 Å². The standard InChI is InChI=1S/C12H13F3O/c1-7-4-5-10(8(2)6-7)11(16)9(3)12(13,14)15/h4-6,9H,1-3H3. The number of alkyl halides is 3. The van der Waals surface area contributed by atoms with E-state index in [1.165, 1.54) is 6.07 Å². The number of benzene rings is 1. The van der Waals surface area contributed by atoms with Crippen LogP contribution in [0.5, 0.6) is 0 Å². The minimum absolute atomic E-state index is 0.149. The van der Waals surface area contributed by atoms with Gasteiger partial charge in [-0.05, 0) is 26.3 Å². The average molecular weight is 230 g/mol. The maximum atomic E-state index is 12.4. The van der Waals surface area contributed by atoms with Crippen LogP contribution < -0.4 is 0 Å². The van der Waals surface area contributed by atoms with Gasteiger partial charge in [-0.25, -0.2) is 0 Å². The number of halogens is 3. The van der Waals surface area contributed by atoms with Gasteiger partial charge in [0.25, 0.3) is 0 Å². The SMILES string of the molecule is Cc1ccc(C(=O)C(C)C(F)(F)F)c(C)c1. The quantitative estimate of drug-likeness (QED) is 0.708. The van der Waals surface area contributed by atoms with E-state index in [2.05, 4.69) is 0 Å². The number of Topliss-reactive ketones (excluding diaryl/α,β-unsaturated/α-hetero) is 1. The maximum absolute atomic E-state index is 12.4. The summed E-state index contributed by atoms with van der Waals surface area (Å²) in [5, 5.41) is 0. The van der Waals surface area contributed by atoms with Crippen LogP contribution >= 0.6 is 0 Å². The van der Waals surface area contributed by atoms with E-state index in [9.17, 15) is 18.0 Å². The fourth-order valence-electron chi connectivity index (χ4n) is 1.47. The summed E-state index contributed by atoms with van der Waals surface area (Å²) in [4.78, 5) is 11.6. The molecule has 0 amide bonds. The van der Waals surface area contributed by atoms with Crippen LogP contribution in [0.3, 0.4) is 0 Å². The van der Waals surface area contributed by atoms with Gasteiger partial charge >= 0.3 is 6.18 Å². The van der Waals surface area contributed by atoms with Crippen molar-refractivity contribution in [3.63, 3.8) is 0 Å². The molecule has 0 heterocycles. The Balaban J connectivity index is 3.06. The van der Waals surface area contributed by atoms with Gasteiger partial charge in [0, 0.05) is 5.56 Å². The Bertz CT molecular complexity index is 407. The molecule has 0 N–H and O–H groups in total. The molecule has 0 radical (unpaired) electrons. The third-order valence-electron chi connectivity index (χ3n) is 2.53. The number of ketones is 1. The Kier molecular flexibility index (Phi) is 3.41. The lowest BCUT2D eigenvalue weighted by molar-refractivity contribution is -0.155. The molecule has 0 fully saturated rings. The van der Waals surface area contributed by atoms with Crippen LogP contribution in [-0.4, -0.2) is 12.0 Å². The molecular formula is C12H13F3O. The van der Waals surface area contributed by atoms with Gasteiger partial charge in [-0.15, -0.1) is 0 Å². The van der Waals surface area contributed by atoms with Crippen molar-refractivity contribution < 1.29 is 18.0 Å². The number of hydrogen-bond acceptors (Lipinski definition) is 1. The number of rotatable bonds is 2. The monoisotopic (exact) mass is 230 g/mol. The van der Waals surface area contributed by atoms with Crippen molar-refractivity contribution in [1.82, 2.24) is 0 Å². The Hall–Kier alpha value is -1.32. The zero-order valence-corrected chi connectivity index (χ0v) is 9.35. The van der Waals surface area contributed by atoms with E-state index >= 15 is 0 Å². The van der Waals surface area contributed by atoms with E-state index in [1.54, 1.807) is 19.1 Å². The highest BCUT2D eigenvalue weighted by molar-refractivity contribution is 5.99.